The second-order valence-electron chi connectivity index (χ2n) is 6.65. The Bertz CT molecular complexity index is 426. The lowest BCUT2D eigenvalue weighted by Gasteiger charge is -2.29. The topological polar surface area (TPSA) is 82.1 Å². The Morgan fingerprint density at radius 2 is 1.70 bits per heavy atom. The van der Waals surface area contributed by atoms with Gasteiger partial charge < -0.3 is 19.1 Å². The number of ether oxygens (including phenoxy) is 3. The standard InChI is InChI=1S/C16H27NO6/c1-16(2,3)23-15(20)17-10-6-7-11(17)8-9-12(13(18)21-4)14(19)22-5/h11-12H,6-10H2,1-5H3/t11-/m0/s1. The zero-order valence-corrected chi connectivity index (χ0v) is 14.6. The molecule has 1 amide bonds. The fourth-order valence-electron chi connectivity index (χ4n) is 2.67. The lowest BCUT2D eigenvalue weighted by atomic mass is 9.99. The second kappa shape index (κ2) is 8.17. The fourth-order valence-corrected chi connectivity index (χ4v) is 2.67. The summed E-state index contributed by atoms with van der Waals surface area (Å²) in [6, 6.07) is -0.0401. The largest absolute Gasteiger partial charge is 0.468 e. The van der Waals surface area contributed by atoms with Crippen molar-refractivity contribution < 1.29 is 28.6 Å². The Morgan fingerprint density at radius 3 is 2.17 bits per heavy atom. The van der Waals surface area contributed by atoms with Gasteiger partial charge in [-0.05, 0) is 46.5 Å². The van der Waals surface area contributed by atoms with Gasteiger partial charge in [-0.2, -0.15) is 0 Å². The van der Waals surface area contributed by atoms with Gasteiger partial charge in [0.1, 0.15) is 5.60 Å². The molecule has 132 valence electrons. The van der Waals surface area contributed by atoms with E-state index in [4.69, 9.17) is 4.74 Å². The average molecular weight is 329 g/mol. The van der Waals surface area contributed by atoms with E-state index in [1.807, 2.05) is 20.8 Å². The Hall–Kier alpha value is -1.79. The van der Waals surface area contributed by atoms with Gasteiger partial charge in [0.15, 0.2) is 5.92 Å². The molecule has 23 heavy (non-hydrogen) atoms. The van der Waals surface area contributed by atoms with Crippen molar-refractivity contribution >= 4 is 18.0 Å². The molecule has 0 aliphatic carbocycles. The van der Waals surface area contributed by atoms with Crippen LogP contribution in [0, 0.1) is 5.92 Å². The van der Waals surface area contributed by atoms with Crippen LogP contribution < -0.4 is 0 Å². The van der Waals surface area contributed by atoms with E-state index in [9.17, 15) is 14.4 Å². The molecule has 0 bridgehead atoms. The van der Waals surface area contributed by atoms with Crippen LogP contribution in [0.25, 0.3) is 0 Å². The van der Waals surface area contributed by atoms with E-state index >= 15 is 0 Å². The van der Waals surface area contributed by atoms with E-state index < -0.39 is 23.5 Å². The van der Waals surface area contributed by atoms with Crippen LogP contribution >= 0.6 is 0 Å². The summed E-state index contributed by atoms with van der Waals surface area (Å²) in [5.41, 5.74) is -0.551. The van der Waals surface area contributed by atoms with Crippen molar-refractivity contribution in [2.24, 2.45) is 5.92 Å². The van der Waals surface area contributed by atoms with Gasteiger partial charge in [0, 0.05) is 12.6 Å². The fraction of sp³-hybridized carbons (Fsp3) is 0.812. The third-order valence-corrected chi connectivity index (χ3v) is 3.77. The van der Waals surface area contributed by atoms with Gasteiger partial charge in [-0.25, -0.2) is 4.79 Å². The number of hydrogen-bond donors (Lipinski definition) is 0. The molecule has 0 saturated carbocycles. The molecule has 0 N–H and O–H groups in total. The number of esters is 2. The number of rotatable bonds is 5. The monoisotopic (exact) mass is 329 g/mol. The number of carbonyl (C=O) groups is 3. The minimum absolute atomic E-state index is 0.0401. The van der Waals surface area contributed by atoms with Crippen LogP contribution in [0.4, 0.5) is 4.79 Å². The van der Waals surface area contributed by atoms with Crippen molar-refractivity contribution in [3.63, 3.8) is 0 Å². The van der Waals surface area contributed by atoms with Gasteiger partial charge in [0.05, 0.1) is 14.2 Å². The molecule has 1 aliphatic rings. The summed E-state index contributed by atoms with van der Waals surface area (Å²) in [6.07, 6.45) is 2.16. The molecule has 0 radical (unpaired) electrons. The van der Waals surface area contributed by atoms with E-state index in [1.165, 1.54) is 14.2 Å². The van der Waals surface area contributed by atoms with E-state index in [2.05, 4.69) is 9.47 Å². The van der Waals surface area contributed by atoms with Gasteiger partial charge >= 0.3 is 18.0 Å². The normalized spacial score (nSPS) is 18.0. The Balaban J connectivity index is 2.65. The first kappa shape index (κ1) is 19.3. The van der Waals surface area contributed by atoms with Gasteiger partial charge in [0.2, 0.25) is 0 Å². The predicted molar refractivity (Wildman–Crippen MR) is 82.7 cm³/mol. The summed E-state index contributed by atoms with van der Waals surface area (Å²) in [4.78, 5) is 37.3. The molecular weight excluding hydrogens is 302 g/mol. The van der Waals surface area contributed by atoms with Gasteiger partial charge in [-0.3, -0.25) is 9.59 Å². The van der Waals surface area contributed by atoms with Crippen molar-refractivity contribution in [1.29, 1.82) is 0 Å². The summed E-state index contributed by atoms with van der Waals surface area (Å²) < 4.78 is 14.7. The Labute approximate surface area is 137 Å². The quantitative estimate of drug-likeness (QED) is 0.436. The zero-order chi connectivity index (χ0) is 17.6. The highest BCUT2D eigenvalue weighted by atomic mass is 16.6. The smallest absolute Gasteiger partial charge is 0.410 e. The summed E-state index contributed by atoms with van der Waals surface area (Å²) in [5, 5.41) is 0. The van der Waals surface area contributed by atoms with Crippen molar-refractivity contribution in [1.82, 2.24) is 4.90 Å². The molecule has 1 saturated heterocycles. The van der Waals surface area contributed by atoms with Crippen molar-refractivity contribution in [2.75, 3.05) is 20.8 Å². The van der Waals surface area contributed by atoms with Crippen LogP contribution in [0.3, 0.4) is 0 Å². The first-order chi connectivity index (χ1) is 10.7. The van der Waals surface area contributed by atoms with Crippen LogP contribution in [0.2, 0.25) is 0 Å². The number of nitrogens with zero attached hydrogens (tertiary/aromatic N) is 1. The molecule has 1 heterocycles. The minimum atomic E-state index is -0.953. The van der Waals surface area contributed by atoms with Crippen LogP contribution in [-0.4, -0.2) is 55.3 Å². The lowest BCUT2D eigenvalue weighted by molar-refractivity contribution is -0.159. The lowest BCUT2D eigenvalue weighted by Crippen LogP contribution is -2.40. The van der Waals surface area contributed by atoms with Crippen molar-refractivity contribution in [3.05, 3.63) is 0 Å². The average Bonchev–Trinajstić information content (AvgIpc) is 2.93. The Morgan fingerprint density at radius 1 is 1.13 bits per heavy atom. The van der Waals surface area contributed by atoms with E-state index in [-0.39, 0.29) is 18.6 Å². The van der Waals surface area contributed by atoms with Crippen LogP contribution in [-0.2, 0) is 23.8 Å². The van der Waals surface area contributed by atoms with E-state index in [1.54, 1.807) is 4.90 Å². The molecule has 1 atom stereocenters. The van der Waals surface area contributed by atoms with Crippen LogP contribution in [0.1, 0.15) is 46.5 Å². The highest BCUT2D eigenvalue weighted by molar-refractivity contribution is 5.94. The number of carbonyl (C=O) groups excluding carboxylic acids is 3. The van der Waals surface area contributed by atoms with Crippen molar-refractivity contribution in [2.45, 2.75) is 58.1 Å². The van der Waals surface area contributed by atoms with Crippen LogP contribution in [0.15, 0.2) is 0 Å². The SMILES string of the molecule is COC(=O)C(CC[C@@H]1CCCN1C(=O)OC(C)(C)C)C(=O)OC. The summed E-state index contributed by atoms with van der Waals surface area (Å²) in [6.45, 7) is 6.09. The summed E-state index contributed by atoms with van der Waals surface area (Å²) in [7, 11) is 2.47. The third-order valence-electron chi connectivity index (χ3n) is 3.77. The predicted octanol–water partition coefficient (Wildman–Crippen LogP) is 2.13. The maximum absolute atomic E-state index is 12.2. The molecule has 1 aliphatic heterocycles. The molecular formula is C16H27NO6. The number of methoxy groups -OCH3 is 2. The molecule has 0 aromatic heterocycles. The Kier molecular flexibility index (Phi) is 6.84. The van der Waals surface area contributed by atoms with E-state index in [0.717, 1.165) is 12.8 Å². The third kappa shape index (κ3) is 5.73. The number of likely N-dealkylation sites (tertiary alicyclic amines) is 1. The maximum atomic E-state index is 12.2. The van der Waals surface area contributed by atoms with E-state index in [0.29, 0.717) is 13.0 Å². The molecule has 0 aromatic rings. The number of amides is 1. The zero-order valence-electron chi connectivity index (χ0n) is 14.6. The molecule has 1 rings (SSSR count). The summed E-state index contributed by atoms with van der Waals surface area (Å²) in [5.74, 6) is -2.18. The van der Waals surface area contributed by atoms with Gasteiger partial charge in [-0.15, -0.1) is 0 Å². The van der Waals surface area contributed by atoms with Crippen LogP contribution in [0.5, 0.6) is 0 Å². The molecule has 0 unspecified atom stereocenters. The first-order valence-electron chi connectivity index (χ1n) is 7.85. The molecule has 7 nitrogen and oxygen atoms in total. The highest BCUT2D eigenvalue weighted by Gasteiger charge is 2.35. The molecule has 0 spiro atoms. The number of hydrogen-bond acceptors (Lipinski definition) is 6. The first-order valence-corrected chi connectivity index (χ1v) is 7.85. The maximum Gasteiger partial charge on any atom is 0.410 e. The summed E-state index contributed by atoms with van der Waals surface area (Å²) >= 11 is 0. The second-order valence-corrected chi connectivity index (χ2v) is 6.65. The molecule has 0 aromatic carbocycles. The molecule has 7 heteroatoms. The van der Waals surface area contributed by atoms with Gasteiger partial charge in [-0.1, -0.05) is 0 Å². The molecule has 1 fully saturated rings. The van der Waals surface area contributed by atoms with Gasteiger partial charge in [0.25, 0.3) is 0 Å². The minimum Gasteiger partial charge on any atom is -0.468 e. The highest BCUT2D eigenvalue weighted by Crippen LogP contribution is 2.26. The van der Waals surface area contributed by atoms with Crippen molar-refractivity contribution in [3.8, 4) is 0 Å².